The number of hydrogen-bond acceptors (Lipinski definition) is 5. The number of anilines is 2. The van der Waals surface area contributed by atoms with Gasteiger partial charge in [0.2, 0.25) is 5.91 Å². The Balaban J connectivity index is 1.63. The van der Waals surface area contributed by atoms with E-state index in [0.717, 1.165) is 50.5 Å². The minimum absolute atomic E-state index is 0.0805. The summed E-state index contributed by atoms with van der Waals surface area (Å²) in [5.74, 6) is 0.266. The van der Waals surface area contributed by atoms with Crippen molar-refractivity contribution in [3.63, 3.8) is 0 Å². The van der Waals surface area contributed by atoms with Crippen LogP contribution in [0.1, 0.15) is 6.42 Å². The average Bonchev–Trinajstić information content (AvgIpc) is 2.80. The van der Waals surface area contributed by atoms with Crippen LogP contribution in [-0.4, -0.2) is 66.5 Å². The Bertz CT molecular complexity index is 498. The topological polar surface area (TPSA) is 65.7 Å². The van der Waals surface area contributed by atoms with Gasteiger partial charge in [0.1, 0.15) is 0 Å². The van der Waals surface area contributed by atoms with E-state index in [1.807, 2.05) is 18.0 Å². The highest BCUT2D eigenvalue weighted by Crippen LogP contribution is 2.24. The molecule has 0 bridgehead atoms. The molecule has 20 heavy (non-hydrogen) atoms. The Morgan fingerprint density at radius 3 is 2.60 bits per heavy atom. The third-order valence-electron chi connectivity index (χ3n) is 4.32. The lowest BCUT2D eigenvalue weighted by Crippen LogP contribution is -2.52. The molecule has 6 heteroatoms. The van der Waals surface area contributed by atoms with Gasteiger partial charge in [-0.25, -0.2) is 0 Å². The van der Waals surface area contributed by atoms with Gasteiger partial charge in [0.25, 0.3) is 0 Å². The summed E-state index contributed by atoms with van der Waals surface area (Å²) in [6.45, 7) is 4.50. The predicted octanol–water partition coefficient (Wildman–Crippen LogP) is 0.0165. The second kappa shape index (κ2) is 5.28. The minimum atomic E-state index is 0.0805. The third kappa shape index (κ3) is 2.31. The minimum Gasteiger partial charge on any atom is -0.396 e. The molecule has 6 nitrogen and oxygen atoms in total. The quantitative estimate of drug-likeness (QED) is 0.824. The molecule has 0 aromatic carbocycles. The molecule has 3 heterocycles. The van der Waals surface area contributed by atoms with Crippen molar-refractivity contribution in [3.05, 3.63) is 18.5 Å². The summed E-state index contributed by atoms with van der Waals surface area (Å²) in [5.41, 5.74) is 7.74. The van der Waals surface area contributed by atoms with Crippen molar-refractivity contribution >= 4 is 17.3 Å². The Morgan fingerprint density at radius 1 is 1.25 bits per heavy atom. The molecule has 0 aliphatic carbocycles. The molecule has 2 fully saturated rings. The van der Waals surface area contributed by atoms with Crippen LogP contribution < -0.4 is 10.6 Å². The summed E-state index contributed by atoms with van der Waals surface area (Å²) >= 11 is 0. The maximum absolute atomic E-state index is 12.1. The first-order chi connectivity index (χ1) is 9.66. The molecule has 2 aliphatic rings. The molecule has 0 spiro atoms. The van der Waals surface area contributed by atoms with Gasteiger partial charge in [-0.05, 0) is 12.5 Å². The van der Waals surface area contributed by atoms with Crippen molar-refractivity contribution in [3.8, 4) is 0 Å². The van der Waals surface area contributed by atoms with E-state index < -0.39 is 0 Å². The Kier molecular flexibility index (Phi) is 3.48. The van der Waals surface area contributed by atoms with Gasteiger partial charge in [-0.15, -0.1) is 0 Å². The molecule has 2 N–H and O–H groups in total. The first-order valence-electron chi connectivity index (χ1n) is 7.10. The van der Waals surface area contributed by atoms with Crippen molar-refractivity contribution in [2.24, 2.45) is 0 Å². The number of nitrogens with two attached hydrogens (primary N) is 1. The molecular weight excluding hydrogens is 254 g/mol. The second-order valence-corrected chi connectivity index (χ2v) is 5.52. The van der Waals surface area contributed by atoms with Crippen molar-refractivity contribution in [1.82, 2.24) is 14.8 Å². The van der Waals surface area contributed by atoms with Crippen LogP contribution in [0.25, 0.3) is 0 Å². The van der Waals surface area contributed by atoms with E-state index in [1.165, 1.54) is 0 Å². The highest BCUT2D eigenvalue weighted by atomic mass is 16.2. The zero-order chi connectivity index (χ0) is 14.1. The maximum atomic E-state index is 12.1. The number of hydrogen-bond donors (Lipinski definition) is 1. The van der Waals surface area contributed by atoms with E-state index in [4.69, 9.17) is 5.73 Å². The third-order valence-corrected chi connectivity index (χ3v) is 4.32. The van der Waals surface area contributed by atoms with Crippen molar-refractivity contribution < 1.29 is 4.79 Å². The Morgan fingerprint density at radius 2 is 2.00 bits per heavy atom. The van der Waals surface area contributed by atoms with Crippen LogP contribution in [0.3, 0.4) is 0 Å². The number of likely N-dealkylation sites (N-methyl/N-ethyl adjacent to an activating group) is 1. The summed E-state index contributed by atoms with van der Waals surface area (Å²) < 4.78 is 0. The average molecular weight is 275 g/mol. The van der Waals surface area contributed by atoms with Crippen LogP contribution in [-0.2, 0) is 4.79 Å². The van der Waals surface area contributed by atoms with Gasteiger partial charge in [0.15, 0.2) is 0 Å². The molecular formula is C14H21N5O. The van der Waals surface area contributed by atoms with Crippen LogP contribution in [0.15, 0.2) is 18.5 Å². The molecule has 3 rings (SSSR count). The fourth-order valence-electron chi connectivity index (χ4n) is 3.10. The zero-order valence-electron chi connectivity index (χ0n) is 11.8. The second-order valence-electron chi connectivity index (χ2n) is 5.52. The van der Waals surface area contributed by atoms with Gasteiger partial charge in [0.05, 0.1) is 23.6 Å². The number of rotatable bonds is 2. The lowest BCUT2D eigenvalue weighted by atomic mass is 10.1. The van der Waals surface area contributed by atoms with E-state index in [0.29, 0.717) is 0 Å². The highest BCUT2D eigenvalue weighted by molar-refractivity contribution is 5.83. The lowest BCUT2D eigenvalue weighted by Gasteiger charge is -2.38. The molecule has 2 aliphatic heterocycles. The van der Waals surface area contributed by atoms with E-state index in [1.54, 1.807) is 12.4 Å². The number of nitrogen functional groups attached to an aromatic ring is 1. The normalized spacial score (nSPS) is 24.4. The van der Waals surface area contributed by atoms with Crippen LogP contribution in [0, 0.1) is 0 Å². The molecule has 108 valence electrons. The largest absolute Gasteiger partial charge is 0.396 e. The number of piperazine rings is 1. The number of likely N-dealkylation sites (tertiary alicyclic amines) is 1. The summed E-state index contributed by atoms with van der Waals surface area (Å²) in [7, 11) is 1.89. The van der Waals surface area contributed by atoms with Crippen LogP contribution >= 0.6 is 0 Å². The van der Waals surface area contributed by atoms with Crippen LogP contribution in [0.5, 0.6) is 0 Å². The number of aromatic nitrogens is 1. The molecule has 1 aromatic rings. The van der Waals surface area contributed by atoms with Gasteiger partial charge in [-0.3, -0.25) is 14.7 Å². The van der Waals surface area contributed by atoms with Gasteiger partial charge < -0.3 is 15.5 Å². The van der Waals surface area contributed by atoms with Crippen LogP contribution in [0.2, 0.25) is 0 Å². The fourth-order valence-corrected chi connectivity index (χ4v) is 3.10. The molecule has 0 radical (unpaired) electrons. The van der Waals surface area contributed by atoms with Crippen molar-refractivity contribution in [2.75, 3.05) is 50.4 Å². The molecule has 1 atom stereocenters. The van der Waals surface area contributed by atoms with Gasteiger partial charge in [-0.1, -0.05) is 0 Å². The van der Waals surface area contributed by atoms with Gasteiger partial charge in [-0.2, -0.15) is 0 Å². The lowest BCUT2D eigenvalue weighted by molar-refractivity contribution is -0.131. The number of nitrogens with zero attached hydrogens (tertiary/aromatic N) is 4. The maximum Gasteiger partial charge on any atom is 0.239 e. The van der Waals surface area contributed by atoms with Gasteiger partial charge in [0, 0.05) is 46.0 Å². The monoisotopic (exact) mass is 275 g/mol. The van der Waals surface area contributed by atoms with E-state index in [-0.39, 0.29) is 11.9 Å². The van der Waals surface area contributed by atoms with Crippen molar-refractivity contribution in [2.45, 2.75) is 12.5 Å². The number of carbonyl (C=O) groups excluding carboxylic acids is 1. The Labute approximate surface area is 119 Å². The molecule has 2 saturated heterocycles. The predicted molar refractivity (Wildman–Crippen MR) is 78.5 cm³/mol. The van der Waals surface area contributed by atoms with E-state index in [2.05, 4.69) is 14.8 Å². The van der Waals surface area contributed by atoms with Gasteiger partial charge >= 0.3 is 0 Å². The van der Waals surface area contributed by atoms with E-state index in [9.17, 15) is 4.79 Å². The molecule has 1 unspecified atom stereocenters. The number of amides is 1. The first kappa shape index (κ1) is 13.2. The zero-order valence-corrected chi connectivity index (χ0v) is 11.8. The van der Waals surface area contributed by atoms with E-state index >= 15 is 0 Å². The summed E-state index contributed by atoms with van der Waals surface area (Å²) in [6, 6.07) is 2.04. The van der Waals surface area contributed by atoms with Crippen molar-refractivity contribution in [1.29, 1.82) is 0 Å². The summed E-state index contributed by atoms with van der Waals surface area (Å²) in [6.07, 6.45) is 4.41. The molecule has 0 saturated carbocycles. The molecule has 1 aromatic heterocycles. The van der Waals surface area contributed by atoms with Crippen LogP contribution in [0.4, 0.5) is 11.4 Å². The first-order valence-corrected chi connectivity index (χ1v) is 7.10. The fraction of sp³-hybridized carbons (Fsp3) is 0.571. The number of carbonyl (C=O) groups is 1. The summed E-state index contributed by atoms with van der Waals surface area (Å²) in [4.78, 5) is 22.5. The summed E-state index contributed by atoms with van der Waals surface area (Å²) in [5, 5.41) is 0. The SMILES string of the molecule is CN1CCC(N2CCN(c3ccncc3N)CC2)C1=O. The molecule has 1 amide bonds. The smallest absolute Gasteiger partial charge is 0.239 e. The standard InChI is InChI=1S/C14H21N5O/c1-17-5-3-13(14(17)20)19-8-6-18(7-9-19)12-2-4-16-10-11(12)15/h2,4,10,13H,3,5-9,15H2,1H3. The highest BCUT2D eigenvalue weighted by Gasteiger charge is 2.35. The number of pyridine rings is 1. The Hall–Kier alpha value is -1.82.